The third kappa shape index (κ3) is 3.51. The molecule has 0 aliphatic carbocycles. The van der Waals surface area contributed by atoms with Crippen LogP contribution in [0.15, 0.2) is 48.8 Å². The highest BCUT2D eigenvalue weighted by Crippen LogP contribution is 2.22. The molecule has 122 valence electrons. The monoisotopic (exact) mass is 343 g/mol. The second kappa shape index (κ2) is 6.93. The van der Waals surface area contributed by atoms with E-state index in [1.54, 1.807) is 36.5 Å². The molecule has 4 nitrogen and oxygen atoms in total. The quantitative estimate of drug-likeness (QED) is 0.678. The second-order valence-electron chi connectivity index (χ2n) is 5.50. The predicted molar refractivity (Wildman–Crippen MR) is 91.6 cm³/mol. The third-order valence-corrected chi connectivity index (χ3v) is 4.08. The van der Waals surface area contributed by atoms with Gasteiger partial charge in [-0.2, -0.15) is 0 Å². The third-order valence-electron chi connectivity index (χ3n) is 3.80. The van der Waals surface area contributed by atoms with E-state index in [0.29, 0.717) is 29.4 Å². The standard InChI is InChI=1S/C18H15ClFN3O/c1-23(9-6-12-4-7-21-8-5-12)18(24)15-10-13-2-3-14(20)11-16(13)22-17(15)19/h2-5,7-8,10-11H,6,9H2,1H3. The average molecular weight is 344 g/mol. The molecular weight excluding hydrogens is 329 g/mol. The molecule has 0 atom stereocenters. The summed E-state index contributed by atoms with van der Waals surface area (Å²) in [5.41, 5.74) is 1.84. The van der Waals surface area contributed by atoms with Gasteiger partial charge in [0.05, 0.1) is 11.1 Å². The molecule has 0 fully saturated rings. The molecule has 0 aliphatic rings. The fraction of sp³-hybridized carbons (Fsp3) is 0.167. The van der Waals surface area contributed by atoms with Gasteiger partial charge < -0.3 is 4.90 Å². The van der Waals surface area contributed by atoms with E-state index >= 15 is 0 Å². The smallest absolute Gasteiger partial charge is 0.256 e. The molecule has 0 saturated carbocycles. The van der Waals surface area contributed by atoms with Crippen LogP contribution in [0.25, 0.3) is 10.9 Å². The summed E-state index contributed by atoms with van der Waals surface area (Å²) >= 11 is 6.12. The summed E-state index contributed by atoms with van der Waals surface area (Å²) in [6.45, 7) is 0.542. The molecule has 2 aromatic heterocycles. The highest BCUT2D eigenvalue weighted by molar-refractivity contribution is 6.33. The number of likely N-dealkylation sites (N-methyl/N-ethyl adjacent to an activating group) is 1. The molecule has 0 saturated heterocycles. The number of amides is 1. The van der Waals surface area contributed by atoms with Gasteiger partial charge in [0.15, 0.2) is 0 Å². The van der Waals surface area contributed by atoms with Crippen molar-refractivity contribution in [2.75, 3.05) is 13.6 Å². The maximum Gasteiger partial charge on any atom is 0.256 e. The van der Waals surface area contributed by atoms with Crippen LogP contribution in [0.4, 0.5) is 4.39 Å². The van der Waals surface area contributed by atoms with E-state index in [2.05, 4.69) is 9.97 Å². The molecule has 3 aromatic rings. The van der Waals surface area contributed by atoms with Crippen molar-refractivity contribution in [3.63, 3.8) is 0 Å². The van der Waals surface area contributed by atoms with E-state index in [1.165, 1.54) is 12.1 Å². The van der Waals surface area contributed by atoms with E-state index in [1.807, 2.05) is 12.1 Å². The van der Waals surface area contributed by atoms with E-state index in [0.717, 1.165) is 5.56 Å². The molecule has 2 heterocycles. The molecule has 0 spiro atoms. The lowest BCUT2D eigenvalue weighted by Crippen LogP contribution is -2.29. The number of fused-ring (bicyclic) bond motifs is 1. The Morgan fingerprint density at radius 1 is 1.21 bits per heavy atom. The van der Waals surface area contributed by atoms with E-state index in [4.69, 9.17) is 11.6 Å². The summed E-state index contributed by atoms with van der Waals surface area (Å²) in [7, 11) is 1.72. The molecule has 0 radical (unpaired) electrons. The number of carbonyl (C=O) groups excluding carboxylic acids is 1. The Morgan fingerprint density at radius 3 is 2.71 bits per heavy atom. The van der Waals surface area contributed by atoms with Crippen LogP contribution in [0.5, 0.6) is 0 Å². The lowest BCUT2D eigenvalue weighted by Gasteiger charge is -2.18. The Balaban J connectivity index is 1.79. The van der Waals surface area contributed by atoms with Gasteiger partial charge in [-0.05, 0) is 42.3 Å². The Labute approximate surface area is 143 Å². The molecule has 0 aliphatic heterocycles. The first-order valence-electron chi connectivity index (χ1n) is 7.45. The maximum atomic E-state index is 13.3. The number of halogens is 2. The molecule has 3 rings (SSSR count). The van der Waals surface area contributed by atoms with Gasteiger partial charge in [-0.25, -0.2) is 9.37 Å². The van der Waals surface area contributed by atoms with Crippen molar-refractivity contribution in [1.82, 2.24) is 14.9 Å². The largest absolute Gasteiger partial charge is 0.341 e. The number of hydrogen-bond acceptors (Lipinski definition) is 3. The fourth-order valence-electron chi connectivity index (χ4n) is 2.42. The normalized spacial score (nSPS) is 10.8. The average Bonchev–Trinajstić information content (AvgIpc) is 2.59. The second-order valence-corrected chi connectivity index (χ2v) is 5.85. The van der Waals surface area contributed by atoms with Crippen LogP contribution in [0, 0.1) is 5.82 Å². The van der Waals surface area contributed by atoms with Crippen LogP contribution in [0.3, 0.4) is 0 Å². The lowest BCUT2D eigenvalue weighted by molar-refractivity contribution is 0.0796. The first kappa shape index (κ1) is 16.3. The van der Waals surface area contributed by atoms with Gasteiger partial charge in [-0.3, -0.25) is 9.78 Å². The van der Waals surface area contributed by atoms with Gasteiger partial charge >= 0.3 is 0 Å². The Hall–Kier alpha value is -2.53. The highest BCUT2D eigenvalue weighted by atomic mass is 35.5. The van der Waals surface area contributed by atoms with Crippen molar-refractivity contribution in [2.45, 2.75) is 6.42 Å². The van der Waals surface area contributed by atoms with Crippen molar-refractivity contribution in [1.29, 1.82) is 0 Å². The van der Waals surface area contributed by atoms with Crippen LogP contribution >= 0.6 is 11.6 Å². The van der Waals surface area contributed by atoms with Crippen molar-refractivity contribution in [2.24, 2.45) is 0 Å². The Kier molecular flexibility index (Phi) is 4.71. The summed E-state index contributed by atoms with van der Waals surface area (Å²) in [6.07, 6.45) is 4.16. The van der Waals surface area contributed by atoms with Gasteiger partial charge in [0.25, 0.3) is 5.91 Å². The van der Waals surface area contributed by atoms with Crippen molar-refractivity contribution in [3.05, 3.63) is 70.9 Å². The summed E-state index contributed by atoms with van der Waals surface area (Å²) < 4.78 is 13.3. The number of pyridine rings is 2. The zero-order valence-corrected chi connectivity index (χ0v) is 13.8. The number of nitrogens with zero attached hydrogens (tertiary/aromatic N) is 3. The van der Waals surface area contributed by atoms with E-state index in [9.17, 15) is 9.18 Å². The van der Waals surface area contributed by atoms with E-state index < -0.39 is 0 Å². The van der Waals surface area contributed by atoms with Gasteiger partial charge in [-0.1, -0.05) is 11.6 Å². The summed E-state index contributed by atoms with van der Waals surface area (Å²) in [5, 5.41) is 0.751. The predicted octanol–water partition coefficient (Wildman–Crippen LogP) is 3.74. The maximum absolute atomic E-state index is 13.3. The number of carbonyl (C=O) groups is 1. The first-order chi connectivity index (χ1) is 11.5. The molecule has 0 unspecified atom stereocenters. The molecule has 1 aromatic carbocycles. The zero-order chi connectivity index (χ0) is 17.1. The number of hydrogen-bond donors (Lipinski definition) is 0. The van der Waals surface area contributed by atoms with E-state index in [-0.39, 0.29) is 16.9 Å². The molecule has 24 heavy (non-hydrogen) atoms. The van der Waals surface area contributed by atoms with Crippen LogP contribution in [-0.2, 0) is 6.42 Å². The van der Waals surface area contributed by atoms with Crippen LogP contribution in [0.2, 0.25) is 5.15 Å². The molecule has 0 N–H and O–H groups in total. The minimum atomic E-state index is -0.389. The topological polar surface area (TPSA) is 46.1 Å². The summed E-state index contributed by atoms with van der Waals surface area (Å²) in [5.74, 6) is -0.604. The minimum Gasteiger partial charge on any atom is -0.341 e. The lowest BCUT2D eigenvalue weighted by atomic mass is 10.1. The van der Waals surface area contributed by atoms with Crippen molar-refractivity contribution < 1.29 is 9.18 Å². The fourth-order valence-corrected chi connectivity index (χ4v) is 2.65. The molecule has 6 heteroatoms. The van der Waals surface area contributed by atoms with Crippen molar-refractivity contribution in [3.8, 4) is 0 Å². The molecular formula is C18H15ClFN3O. The van der Waals surface area contributed by atoms with Gasteiger partial charge in [0.2, 0.25) is 0 Å². The first-order valence-corrected chi connectivity index (χ1v) is 7.82. The van der Waals surface area contributed by atoms with Crippen LogP contribution in [0.1, 0.15) is 15.9 Å². The zero-order valence-electron chi connectivity index (χ0n) is 13.0. The SMILES string of the molecule is CN(CCc1ccncc1)C(=O)c1cc2ccc(F)cc2nc1Cl. The Morgan fingerprint density at radius 2 is 1.96 bits per heavy atom. The minimum absolute atomic E-state index is 0.0776. The molecule has 1 amide bonds. The van der Waals surface area contributed by atoms with Crippen molar-refractivity contribution >= 4 is 28.4 Å². The van der Waals surface area contributed by atoms with Gasteiger partial charge in [-0.15, -0.1) is 0 Å². The highest BCUT2D eigenvalue weighted by Gasteiger charge is 2.17. The summed E-state index contributed by atoms with van der Waals surface area (Å²) in [4.78, 5) is 22.3. The Bertz CT molecular complexity index is 886. The number of benzene rings is 1. The van der Waals surface area contributed by atoms with Crippen LogP contribution in [-0.4, -0.2) is 34.4 Å². The van der Waals surface area contributed by atoms with Gasteiger partial charge in [0.1, 0.15) is 11.0 Å². The van der Waals surface area contributed by atoms with Gasteiger partial charge in [0, 0.05) is 37.4 Å². The number of rotatable bonds is 4. The summed E-state index contributed by atoms with van der Waals surface area (Å²) in [6, 6.07) is 9.69. The number of aromatic nitrogens is 2. The molecule has 0 bridgehead atoms. The van der Waals surface area contributed by atoms with Crippen LogP contribution < -0.4 is 0 Å².